The van der Waals surface area contributed by atoms with Crippen LogP contribution in [0, 0.1) is 5.41 Å². The Morgan fingerprint density at radius 1 is 1.41 bits per heavy atom. The lowest BCUT2D eigenvalue weighted by Gasteiger charge is -2.38. The maximum absolute atomic E-state index is 5.82. The Hall–Kier alpha value is -1.10. The highest BCUT2D eigenvalue weighted by Crippen LogP contribution is 2.38. The number of hydrogen-bond donors (Lipinski definition) is 2. The summed E-state index contributed by atoms with van der Waals surface area (Å²) < 4.78 is 0. The Morgan fingerprint density at radius 2 is 2.12 bits per heavy atom. The molecule has 2 aliphatic rings. The molecule has 0 atom stereocenters. The normalized spacial score (nSPS) is 24.0. The van der Waals surface area contributed by atoms with E-state index >= 15 is 0 Å². The van der Waals surface area contributed by atoms with E-state index in [1.807, 2.05) is 0 Å². The quantitative estimate of drug-likeness (QED) is 0.827. The first-order valence-electron chi connectivity index (χ1n) is 6.57. The van der Waals surface area contributed by atoms with E-state index in [0.29, 0.717) is 11.3 Å². The fraction of sp³-hybridized carbons (Fsp3) is 0.833. The number of piperidine rings is 1. The van der Waals surface area contributed by atoms with Gasteiger partial charge in [0.1, 0.15) is 5.82 Å². The zero-order valence-corrected chi connectivity index (χ0v) is 10.4. The summed E-state index contributed by atoms with van der Waals surface area (Å²) in [4.78, 5) is 6.88. The van der Waals surface area contributed by atoms with E-state index < -0.39 is 0 Å². The third-order valence-corrected chi connectivity index (χ3v) is 4.20. The topological polar surface area (TPSA) is 70.8 Å². The summed E-state index contributed by atoms with van der Waals surface area (Å²) in [5.41, 5.74) is 6.13. The molecule has 17 heavy (non-hydrogen) atoms. The molecule has 3 rings (SSSR count). The first kappa shape index (κ1) is 11.0. The van der Waals surface area contributed by atoms with Crippen LogP contribution < -0.4 is 10.6 Å². The van der Waals surface area contributed by atoms with Gasteiger partial charge in [0.05, 0.1) is 0 Å². The fourth-order valence-corrected chi connectivity index (χ4v) is 2.40. The molecule has 0 amide bonds. The molecule has 94 valence electrons. The average molecular weight is 235 g/mol. The van der Waals surface area contributed by atoms with Gasteiger partial charge in [0.2, 0.25) is 5.95 Å². The molecule has 2 heterocycles. The second-order valence-electron chi connectivity index (χ2n) is 5.80. The van der Waals surface area contributed by atoms with Crippen molar-refractivity contribution < 1.29 is 0 Å². The molecule has 2 fully saturated rings. The molecule has 0 spiro atoms. The van der Waals surface area contributed by atoms with Crippen molar-refractivity contribution in [3.8, 4) is 0 Å². The number of rotatable bonds is 3. The highest BCUT2D eigenvalue weighted by Gasteiger charge is 2.31. The van der Waals surface area contributed by atoms with Gasteiger partial charge in [-0.25, -0.2) is 0 Å². The Bertz CT molecular complexity index is 387. The summed E-state index contributed by atoms with van der Waals surface area (Å²) in [5, 5.41) is 7.41. The largest absolute Gasteiger partial charge is 0.340 e. The van der Waals surface area contributed by atoms with Gasteiger partial charge in [-0.05, 0) is 37.6 Å². The number of aromatic amines is 1. The van der Waals surface area contributed by atoms with E-state index in [2.05, 4.69) is 27.0 Å². The zero-order chi connectivity index (χ0) is 11.9. The monoisotopic (exact) mass is 235 g/mol. The van der Waals surface area contributed by atoms with Gasteiger partial charge in [0.15, 0.2) is 0 Å². The summed E-state index contributed by atoms with van der Waals surface area (Å²) in [6.07, 6.45) is 4.80. The number of anilines is 1. The molecule has 5 heteroatoms. The van der Waals surface area contributed by atoms with Crippen molar-refractivity contribution in [3.05, 3.63) is 5.82 Å². The molecule has 0 aromatic carbocycles. The Morgan fingerprint density at radius 3 is 2.71 bits per heavy atom. The van der Waals surface area contributed by atoms with Crippen molar-refractivity contribution >= 4 is 5.95 Å². The second-order valence-corrected chi connectivity index (χ2v) is 5.80. The van der Waals surface area contributed by atoms with Crippen LogP contribution in [-0.4, -0.2) is 34.8 Å². The molecule has 1 saturated heterocycles. The molecule has 1 saturated carbocycles. The van der Waals surface area contributed by atoms with Crippen LogP contribution >= 0.6 is 0 Å². The Kier molecular flexibility index (Phi) is 2.58. The molecule has 3 N–H and O–H groups in total. The molecule has 1 aromatic rings. The van der Waals surface area contributed by atoms with Crippen LogP contribution in [0.15, 0.2) is 0 Å². The van der Waals surface area contributed by atoms with Crippen LogP contribution in [0.3, 0.4) is 0 Å². The van der Waals surface area contributed by atoms with Gasteiger partial charge in [-0.1, -0.05) is 6.92 Å². The molecule has 0 radical (unpaired) electrons. The third kappa shape index (κ3) is 2.16. The van der Waals surface area contributed by atoms with E-state index in [1.54, 1.807) is 0 Å². The highest BCUT2D eigenvalue weighted by atomic mass is 15.4. The van der Waals surface area contributed by atoms with Gasteiger partial charge < -0.3 is 10.6 Å². The van der Waals surface area contributed by atoms with Gasteiger partial charge in [-0.2, -0.15) is 4.98 Å². The first-order chi connectivity index (χ1) is 8.20. The number of nitrogens with zero attached hydrogens (tertiary/aromatic N) is 3. The number of aromatic nitrogens is 3. The van der Waals surface area contributed by atoms with Crippen molar-refractivity contribution in [2.24, 2.45) is 11.1 Å². The Labute approximate surface area is 102 Å². The van der Waals surface area contributed by atoms with Crippen LogP contribution in [0.25, 0.3) is 0 Å². The molecule has 1 aliphatic carbocycles. The third-order valence-electron chi connectivity index (χ3n) is 4.20. The van der Waals surface area contributed by atoms with E-state index in [9.17, 15) is 0 Å². The van der Waals surface area contributed by atoms with Gasteiger partial charge in [0, 0.05) is 19.0 Å². The van der Waals surface area contributed by atoms with Crippen molar-refractivity contribution in [2.45, 2.75) is 38.5 Å². The second kappa shape index (κ2) is 3.98. The Balaban J connectivity index is 1.65. The SMILES string of the molecule is CC1(CN)CCN(c2n[nH]c(C3CC3)n2)CC1. The van der Waals surface area contributed by atoms with Crippen LogP contribution in [0.4, 0.5) is 5.95 Å². The number of nitrogens with two attached hydrogens (primary N) is 1. The van der Waals surface area contributed by atoms with E-state index in [0.717, 1.165) is 44.2 Å². The van der Waals surface area contributed by atoms with Crippen molar-refractivity contribution in [3.63, 3.8) is 0 Å². The summed E-state index contributed by atoms with van der Waals surface area (Å²) in [6, 6.07) is 0. The van der Waals surface area contributed by atoms with Crippen LogP contribution in [0.2, 0.25) is 0 Å². The van der Waals surface area contributed by atoms with E-state index in [-0.39, 0.29) is 0 Å². The van der Waals surface area contributed by atoms with E-state index in [1.165, 1.54) is 12.8 Å². The van der Waals surface area contributed by atoms with Gasteiger partial charge in [-0.3, -0.25) is 5.10 Å². The van der Waals surface area contributed by atoms with Crippen LogP contribution in [0.1, 0.15) is 44.3 Å². The minimum atomic E-state index is 0.312. The van der Waals surface area contributed by atoms with Gasteiger partial charge in [-0.15, -0.1) is 5.10 Å². The summed E-state index contributed by atoms with van der Waals surface area (Å²) in [5.74, 6) is 2.61. The first-order valence-corrected chi connectivity index (χ1v) is 6.57. The molecule has 1 aromatic heterocycles. The summed E-state index contributed by atoms with van der Waals surface area (Å²) in [7, 11) is 0. The number of hydrogen-bond acceptors (Lipinski definition) is 4. The lowest BCUT2D eigenvalue weighted by atomic mass is 9.81. The molecule has 5 nitrogen and oxygen atoms in total. The van der Waals surface area contributed by atoms with Crippen LogP contribution in [-0.2, 0) is 0 Å². The maximum Gasteiger partial charge on any atom is 0.244 e. The number of nitrogens with one attached hydrogen (secondary N) is 1. The standard InChI is InChI=1S/C12H21N5/c1-12(8-13)4-6-17(7-5-12)11-14-10(15-16-11)9-2-3-9/h9H,2-8,13H2,1H3,(H,14,15,16). The lowest BCUT2D eigenvalue weighted by Crippen LogP contribution is -2.42. The lowest BCUT2D eigenvalue weighted by molar-refractivity contribution is 0.257. The van der Waals surface area contributed by atoms with E-state index in [4.69, 9.17) is 5.73 Å². The highest BCUT2D eigenvalue weighted by molar-refractivity contribution is 5.30. The predicted octanol–water partition coefficient (Wildman–Crippen LogP) is 1.25. The fourth-order valence-electron chi connectivity index (χ4n) is 2.40. The molecular weight excluding hydrogens is 214 g/mol. The summed E-state index contributed by atoms with van der Waals surface area (Å²) in [6.45, 7) is 5.10. The van der Waals surface area contributed by atoms with Crippen molar-refractivity contribution in [1.82, 2.24) is 15.2 Å². The minimum absolute atomic E-state index is 0.312. The van der Waals surface area contributed by atoms with Crippen LogP contribution in [0.5, 0.6) is 0 Å². The molecule has 1 aliphatic heterocycles. The average Bonchev–Trinajstić information content (AvgIpc) is 3.09. The minimum Gasteiger partial charge on any atom is -0.340 e. The van der Waals surface area contributed by atoms with Crippen molar-refractivity contribution in [1.29, 1.82) is 0 Å². The molecule has 0 unspecified atom stereocenters. The molecule has 0 bridgehead atoms. The maximum atomic E-state index is 5.82. The van der Waals surface area contributed by atoms with Gasteiger partial charge in [0.25, 0.3) is 0 Å². The summed E-state index contributed by atoms with van der Waals surface area (Å²) >= 11 is 0. The van der Waals surface area contributed by atoms with Gasteiger partial charge >= 0.3 is 0 Å². The van der Waals surface area contributed by atoms with Crippen molar-refractivity contribution in [2.75, 3.05) is 24.5 Å². The zero-order valence-electron chi connectivity index (χ0n) is 10.4. The predicted molar refractivity (Wildman–Crippen MR) is 67.0 cm³/mol. The number of H-pyrrole nitrogens is 1. The molecular formula is C12H21N5. The smallest absolute Gasteiger partial charge is 0.244 e.